The molecule has 0 aliphatic carbocycles. The summed E-state index contributed by atoms with van der Waals surface area (Å²) in [6, 6.07) is 10.4. The summed E-state index contributed by atoms with van der Waals surface area (Å²) < 4.78 is -0.419. The Kier molecular flexibility index (Phi) is 6.75. The van der Waals surface area contributed by atoms with Crippen molar-refractivity contribution in [3.8, 4) is 0 Å². The van der Waals surface area contributed by atoms with Gasteiger partial charge in [-0.2, -0.15) is 0 Å². The average Bonchev–Trinajstić information content (AvgIpc) is 2.56. The second-order valence-corrected chi connectivity index (χ2v) is 7.93. The number of aromatic nitrogens is 1. The molecule has 1 heterocycles. The summed E-state index contributed by atoms with van der Waals surface area (Å²) in [4.78, 5) is 16.5. The molecule has 0 saturated heterocycles. The zero-order chi connectivity index (χ0) is 17.7. The van der Waals surface area contributed by atoms with Crippen molar-refractivity contribution < 1.29 is 4.79 Å². The van der Waals surface area contributed by atoms with Gasteiger partial charge in [0.1, 0.15) is 11.9 Å². The normalized spacial score (nSPS) is 12.5. The highest BCUT2D eigenvalue weighted by Crippen LogP contribution is 2.30. The zero-order valence-electron chi connectivity index (χ0n) is 12.7. The van der Waals surface area contributed by atoms with Gasteiger partial charge in [-0.3, -0.25) is 4.79 Å². The van der Waals surface area contributed by atoms with E-state index in [1.54, 1.807) is 42.6 Å². The lowest BCUT2D eigenvalue weighted by Crippen LogP contribution is -2.51. The second-order valence-electron chi connectivity index (χ2n) is 5.03. The molecule has 0 radical (unpaired) electrons. The molecule has 0 aliphatic rings. The lowest BCUT2D eigenvalue weighted by Gasteiger charge is -2.31. The largest absolute Gasteiger partial charge is 0.363 e. The molecule has 2 aromatic rings. The van der Waals surface area contributed by atoms with Gasteiger partial charge in [0.25, 0.3) is 5.91 Å². The van der Waals surface area contributed by atoms with Crippen molar-refractivity contribution in [2.75, 3.05) is 5.32 Å². The number of benzene rings is 1. The van der Waals surface area contributed by atoms with E-state index in [4.69, 9.17) is 34.8 Å². The summed E-state index contributed by atoms with van der Waals surface area (Å²) in [6.07, 6.45) is 1.26. The number of amides is 1. The van der Waals surface area contributed by atoms with E-state index >= 15 is 0 Å². The third-order valence-corrected chi connectivity index (χ3v) is 4.98. The second kappa shape index (κ2) is 8.39. The first-order valence-electron chi connectivity index (χ1n) is 7.14. The highest BCUT2D eigenvalue weighted by Gasteiger charge is 2.35. The summed E-state index contributed by atoms with van der Waals surface area (Å²) in [5.74, 6) is -0.381. The highest BCUT2D eigenvalue weighted by atomic mass is 79.9. The van der Waals surface area contributed by atoms with Crippen molar-refractivity contribution in [3.05, 3.63) is 57.8 Å². The molecule has 1 aromatic heterocycles. The monoisotopic (exact) mass is 449 g/mol. The van der Waals surface area contributed by atoms with Crippen LogP contribution in [0.5, 0.6) is 0 Å². The predicted octanol–water partition coefficient (Wildman–Crippen LogP) is 5.25. The Labute approximate surface area is 164 Å². The molecule has 24 heavy (non-hydrogen) atoms. The fourth-order valence-electron chi connectivity index (χ4n) is 1.88. The van der Waals surface area contributed by atoms with Gasteiger partial charge in [-0.05, 0) is 58.7 Å². The number of alkyl halides is 2. The van der Waals surface area contributed by atoms with Crippen molar-refractivity contribution in [2.45, 2.75) is 23.8 Å². The molecule has 8 heteroatoms. The van der Waals surface area contributed by atoms with Gasteiger partial charge in [-0.15, -0.1) is 0 Å². The molecule has 0 spiro atoms. The molecule has 1 aromatic carbocycles. The van der Waals surface area contributed by atoms with Gasteiger partial charge < -0.3 is 10.6 Å². The van der Waals surface area contributed by atoms with Crippen LogP contribution in [0.1, 0.15) is 23.8 Å². The molecule has 2 N–H and O–H groups in total. The van der Waals surface area contributed by atoms with E-state index in [1.165, 1.54) is 0 Å². The Morgan fingerprint density at radius 3 is 2.46 bits per heavy atom. The number of rotatable bonds is 6. The number of carbonyl (C=O) groups excluding carboxylic acids is 1. The van der Waals surface area contributed by atoms with Gasteiger partial charge in [0.2, 0.25) is 0 Å². The Hall–Kier alpha value is -1.01. The first kappa shape index (κ1) is 19.3. The standard InChI is InChI=1S/C16H15BrCl3N3O/c1-2-16(19,20)15(22-12-6-4-11(18)5-7-12)23-14(24)13-8-3-10(17)9-21-13/h3-9,15,22H,2H2,1H3,(H,23,24). The van der Waals surface area contributed by atoms with Crippen LogP contribution in [-0.4, -0.2) is 21.4 Å². The van der Waals surface area contributed by atoms with Crippen molar-refractivity contribution in [1.82, 2.24) is 10.3 Å². The third-order valence-electron chi connectivity index (χ3n) is 3.28. The van der Waals surface area contributed by atoms with E-state index in [0.29, 0.717) is 11.4 Å². The van der Waals surface area contributed by atoms with Crippen molar-refractivity contribution in [3.63, 3.8) is 0 Å². The SMILES string of the molecule is CCC(Cl)(Cl)C(NC(=O)c1ccc(Br)cn1)Nc1ccc(Cl)cc1. The number of hydrogen-bond acceptors (Lipinski definition) is 3. The topological polar surface area (TPSA) is 54.0 Å². The Morgan fingerprint density at radius 2 is 1.92 bits per heavy atom. The smallest absolute Gasteiger partial charge is 0.271 e. The first-order valence-corrected chi connectivity index (χ1v) is 9.07. The molecule has 1 atom stereocenters. The van der Waals surface area contributed by atoms with Gasteiger partial charge in [0.15, 0.2) is 4.33 Å². The molecule has 128 valence electrons. The Bertz CT molecular complexity index is 693. The van der Waals surface area contributed by atoms with E-state index in [9.17, 15) is 4.79 Å². The molecular formula is C16H15BrCl3N3O. The van der Waals surface area contributed by atoms with Gasteiger partial charge in [-0.1, -0.05) is 41.7 Å². The molecule has 2 rings (SSSR count). The van der Waals surface area contributed by atoms with Crippen LogP contribution in [-0.2, 0) is 0 Å². The summed E-state index contributed by atoms with van der Waals surface area (Å²) in [6.45, 7) is 1.83. The van der Waals surface area contributed by atoms with E-state index in [0.717, 1.165) is 10.2 Å². The lowest BCUT2D eigenvalue weighted by atomic mass is 10.2. The molecule has 0 bridgehead atoms. The molecule has 0 saturated carbocycles. The Morgan fingerprint density at radius 1 is 1.25 bits per heavy atom. The van der Waals surface area contributed by atoms with Crippen LogP contribution in [0, 0.1) is 0 Å². The number of carbonyl (C=O) groups is 1. The maximum Gasteiger partial charge on any atom is 0.271 e. The van der Waals surface area contributed by atoms with E-state index < -0.39 is 10.5 Å². The molecule has 0 fully saturated rings. The molecule has 1 amide bonds. The molecule has 0 aliphatic heterocycles. The van der Waals surface area contributed by atoms with Crippen LogP contribution in [0.4, 0.5) is 5.69 Å². The maximum atomic E-state index is 12.4. The number of nitrogens with one attached hydrogen (secondary N) is 2. The molecular weight excluding hydrogens is 436 g/mol. The Balaban J connectivity index is 2.18. The fraction of sp³-hybridized carbons (Fsp3) is 0.250. The minimum atomic E-state index is -1.20. The fourth-order valence-corrected chi connectivity index (χ4v) is 2.46. The number of pyridine rings is 1. The van der Waals surface area contributed by atoms with E-state index in [2.05, 4.69) is 31.5 Å². The molecule has 4 nitrogen and oxygen atoms in total. The number of anilines is 1. The van der Waals surface area contributed by atoms with Crippen LogP contribution in [0.2, 0.25) is 5.02 Å². The third kappa shape index (κ3) is 5.24. The van der Waals surface area contributed by atoms with Gasteiger partial charge in [-0.25, -0.2) is 4.98 Å². The van der Waals surface area contributed by atoms with Crippen molar-refractivity contribution in [2.24, 2.45) is 0 Å². The summed E-state index contributed by atoms with van der Waals surface area (Å²) in [7, 11) is 0. The van der Waals surface area contributed by atoms with Gasteiger partial charge >= 0.3 is 0 Å². The number of nitrogens with zero attached hydrogens (tertiary/aromatic N) is 1. The van der Waals surface area contributed by atoms with E-state index in [-0.39, 0.29) is 11.6 Å². The van der Waals surface area contributed by atoms with E-state index in [1.807, 2.05) is 6.92 Å². The average molecular weight is 452 g/mol. The van der Waals surface area contributed by atoms with Crippen molar-refractivity contribution >= 4 is 62.3 Å². The first-order chi connectivity index (χ1) is 11.3. The van der Waals surface area contributed by atoms with Crippen LogP contribution in [0.25, 0.3) is 0 Å². The maximum absolute atomic E-state index is 12.4. The minimum Gasteiger partial charge on any atom is -0.363 e. The predicted molar refractivity (Wildman–Crippen MR) is 103 cm³/mol. The zero-order valence-corrected chi connectivity index (χ0v) is 16.5. The lowest BCUT2D eigenvalue weighted by molar-refractivity contribution is 0.0933. The minimum absolute atomic E-state index is 0.265. The van der Waals surface area contributed by atoms with Crippen LogP contribution in [0.15, 0.2) is 47.1 Å². The van der Waals surface area contributed by atoms with Crippen LogP contribution < -0.4 is 10.6 Å². The summed E-state index contributed by atoms with van der Waals surface area (Å²) in [5.41, 5.74) is 0.994. The molecule has 1 unspecified atom stereocenters. The van der Waals surface area contributed by atoms with Gasteiger partial charge in [0, 0.05) is 21.4 Å². The number of halogens is 4. The van der Waals surface area contributed by atoms with Crippen LogP contribution >= 0.6 is 50.7 Å². The summed E-state index contributed by atoms with van der Waals surface area (Å²) in [5, 5.41) is 6.51. The van der Waals surface area contributed by atoms with Gasteiger partial charge in [0.05, 0.1) is 0 Å². The summed E-state index contributed by atoms with van der Waals surface area (Å²) >= 11 is 21.9. The number of hydrogen-bond donors (Lipinski definition) is 2. The highest BCUT2D eigenvalue weighted by molar-refractivity contribution is 9.10. The van der Waals surface area contributed by atoms with Crippen molar-refractivity contribution in [1.29, 1.82) is 0 Å². The van der Waals surface area contributed by atoms with Crippen LogP contribution in [0.3, 0.4) is 0 Å². The quantitative estimate of drug-likeness (QED) is 0.466.